The molecular formula is C67H55BN2S. The van der Waals surface area contributed by atoms with Gasteiger partial charge >= 0.3 is 0 Å². The first-order valence-corrected chi connectivity index (χ1v) is 26.4. The second-order valence-electron chi connectivity index (χ2n) is 21.9. The smallest absolute Gasteiger partial charge is 0.264 e. The Hall–Kier alpha value is -7.40. The fourth-order valence-corrected chi connectivity index (χ4v) is 14.6. The molecule has 0 unspecified atom stereocenters. The molecule has 4 heteroatoms. The summed E-state index contributed by atoms with van der Waals surface area (Å²) >= 11 is 2.00. The predicted molar refractivity (Wildman–Crippen MR) is 304 cm³/mol. The lowest BCUT2D eigenvalue weighted by atomic mass is 9.36. The Bertz CT molecular complexity index is 3760. The molecule has 9 aromatic carbocycles. The molecule has 0 atom stereocenters. The number of rotatable bonds is 5. The van der Waals surface area contributed by atoms with Crippen molar-refractivity contribution in [3.05, 3.63) is 233 Å². The predicted octanol–water partition coefficient (Wildman–Crippen LogP) is 16.5. The van der Waals surface area contributed by atoms with Gasteiger partial charge in [-0.3, -0.25) is 0 Å². The van der Waals surface area contributed by atoms with Gasteiger partial charge in [-0.1, -0.05) is 188 Å². The van der Waals surface area contributed by atoms with E-state index in [-0.39, 0.29) is 12.1 Å². The molecule has 71 heavy (non-hydrogen) atoms. The van der Waals surface area contributed by atoms with Crippen LogP contribution in [0, 0.1) is 0 Å². The lowest BCUT2D eigenvalue weighted by Crippen LogP contribution is -2.60. The minimum absolute atomic E-state index is 0.0108. The van der Waals surface area contributed by atoms with E-state index in [0.717, 1.165) is 0 Å². The normalized spacial score (nSPS) is 14.4. The van der Waals surface area contributed by atoms with Gasteiger partial charge in [-0.25, -0.2) is 0 Å². The SMILES string of the molecule is CC(C)c1cccc(C(C)C)c1-c1ccc2c(c1)N(c1ccc(C(C)(C)C)cc1)c1cccc3c1B2c1sc2cc4c(cc2c1N3c1ccccc1)-c1ccccc1C41c2ccccc2-c2ccccc21. The standard InChI is InChI=1S/C67H55BN2S/c1-40(2)46-24-17-25-47(41(3)4)62(46)42-31-36-57-60(37-42)69(45-34-32-43(33-35-45)66(5,6)7)58-29-18-30-59-63(58)68(57)65-64(70(59)44-19-9-8-10-20-44)52-38-51-50-23-13-16-28-55(50)67(56(51)39-61(52)71-65)53-26-14-11-21-48(53)49-22-12-15-27-54(49)67/h8-41H,1-7H3. The minimum atomic E-state index is -0.412. The Balaban J connectivity index is 1.07. The molecule has 3 heterocycles. The summed E-state index contributed by atoms with van der Waals surface area (Å²) in [5, 5.41) is 1.31. The second kappa shape index (κ2) is 15.3. The molecular weight excluding hydrogens is 876 g/mol. The molecule has 2 nitrogen and oxygen atoms in total. The van der Waals surface area contributed by atoms with Crippen LogP contribution in [0.15, 0.2) is 194 Å². The third-order valence-corrected chi connectivity index (χ3v) is 17.6. The van der Waals surface area contributed by atoms with Gasteiger partial charge in [0.25, 0.3) is 6.71 Å². The van der Waals surface area contributed by atoms with Crippen molar-refractivity contribution in [2.45, 2.75) is 71.1 Å². The molecule has 0 saturated carbocycles. The van der Waals surface area contributed by atoms with Gasteiger partial charge in [0.05, 0.1) is 11.1 Å². The molecule has 342 valence electrons. The third kappa shape index (κ3) is 5.83. The summed E-state index contributed by atoms with van der Waals surface area (Å²) in [5.41, 5.74) is 27.3. The van der Waals surface area contributed by atoms with E-state index >= 15 is 0 Å². The van der Waals surface area contributed by atoms with E-state index < -0.39 is 5.41 Å². The first-order valence-electron chi connectivity index (χ1n) is 25.6. The largest absolute Gasteiger partial charge is 0.311 e. The van der Waals surface area contributed by atoms with Crippen molar-refractivity contribution in [1.29, 1.82) is 0 Å². The van der Waals surface area contributed by atoms with Crippen molar-refractivity contribution in [3.8, 4) is 33.4 Å². The molecule has 14 rings (SSSR count). The highest BCUT2D eigenvalue weighted by Crippen LogP contribution is 2.64. The molecule has 1 spiro atoms. The quantitative estimate of drug-likeness (QED) is 0.159. The number of benzene rings is 9. The van der Waals surface area contributed by atoms with Gasteiger partial charge in [0, 0.05) is 43.3 Å². The van der Waals surface area contributed by atoms with E-state index in [4.69, 9.17) is 0 Å². The van der Waals surface area contributed by atoms with Gasteiger partial charge < -0.3 is 9.80 Å². The molecule has 0 amide bonds. The van der Waals surface area contributed by atoms with Crippen LogP contribution in [-0.2, 0) is 10.8 Å². The highest BCUT2D eigenvalue weighted by Gasteiger charge is 2.52. The van der Waals surface area contributed by atoms with E-state index in [1.165, 1.54) is 132 Å². The molecule has 2 aliphatic heterocycles. The molecule has 1 aromatic heterocycles. The van der Waals surface area contributed by atoms with E-state index in [2.05, 4.69) is 252 Å². The summed E-state index contributed by atoms with van der Waals surface area (Å²) in [5.74, 6) is 0.762. The maximum atomic E-state index is 2.60. The van der Waals surface area contributed by atoms with Crippen LogP contribution >= 0.6 is 11.3 Å². The fraction of sp³-hybridized carbons (Fsp3) is 0.164. The molecule has 0 bridgehead atoms. The monoisotopic (exact) mass is 930 g/mol. The number of fused-ring (bicyclic) bond motifs is 16. The Kier molecular flexibility index (Phi) is 9.16. The zero-order valence-electron chi connectivity index (χ0n) is 41.5. The summed E-state index contributed by atoms with van der Waals surface area (Å²) in [6, 6.07) is 74.7. The second-order valence-corrected chi connectivity index (χ2v) is 23.0. The van der Waals surface area contributed by atoms with Crippen molar-refractivity contribution in [2.24, 2.45) is 0 Å². The number of thiophene rings is 1. The Morgan fingerprint density at radius 3 is 1.63 bits per heavy atom. The van der Waals surface area contributed by atoms with Crippen molar-refractivity contribution in [1.82, 2.24) is 0 Å². The zero-order chi connectivity index (χ0) is 48.1. The van der Waals surface area contributed by atoms with Gasteiger partial charge in [0.1, 0.15) is 0 Å². The topological polar surface area (TPSA) is 6.48 Å². The molecule has 0 fully saturated rings. The summed E-state index contributed by atoms with van der Waals surface area (Å²) < 4.78 is 2.72. The van der Waals surface area contributed by atoms with Crippen molar-refractivity contribution in [2.75, 3.05) is 9.80 Å². The van der Waals surface area contributed by atoms with E-state index in [1.54, 1.807) is 0 Å². The van der Waals surface area contributed by atoms with Gasteiger partial charge in [-0.15, -0.1) is 11.3 Å². The van der Waals surface area contributed by atoms with Crippen LogP contribution in [0.25, 0.3) is 43.5 Å². The average Bonchev–Trinajstić information content (AvgIpc) is 4.01. The Labute approximate surface area is 423 Å². The van der Waals surface area contributed by atoms with Gasteiger partial charge in [0.2, 0.25) is 0 Å². The van der Waals surface area contributed by atoms with Crippen LogP contribution in [0.1, 0.15) is 99.2 Å². The van der Waals surface area contributed by atoms with Gasteiger partial charge in [-0.2, -0.15) is 0 Å². The number of para-hydroxylation sites is 1. The fourth-order valence-electron chi connectivity index (χ4n) is 13.3. The van der Waals surface area contributed by atoms with Gasteiger partial charge in [-0.05, 0) is 155 Å². The summed E-state index contributed by atoms with van der Waals surface area (Å²) in [7, 11) is 0. The maximum absolute atomic E-state index is 2.60. The third-order valence-electron chi connectivity index (χ3n) is 16.4. The lowest BCUT2D eigenvalue weighted by molar-refractivity contribution is 0.590. The molecule has 0 radical (unpaired) electrons. The van der Waals surface area contributed by atoms with Crippen LogP contribution in [0.3, 0.4) is 0 Å². The molecule has 10 aromatic rings. The Morgan fingerprint density at radius 2 is 1.03 bits per heavy atom. The lowest BCUT2D eigenvalue weighted by Gasteiger charge is -2.43. The Morgan fingerprint density at radius 1 is 0.479 bits per heavy atom. The minimum Gasteiger partial charge on any atom is -0.311 e. The summed E-state index contributed by atoms with van der Waals surface area (Å²) in [4.78, 5) is 5.18. The van der Waals surface area contributed by atoms with Crippen molar-refractivity contribution >= 4 is 78.0 Å². The van der Waals surface area contributed by atoms with Crippen molar-refractivity contribution < 1.29 is 0 Å². The van der Waals surface area contributed by atoms with Crippen LogP contribution in [-0.4, -0.2) is 6.71 Å². The first-order chi connectivity index (χ1) is 34.5. The van der Waals surface area contributed by atoms with Crippen LogP contribution in [0.5, 0.6) is 0 Å². The number of nitrogens with zero attached hydrogens (tertiary/aromatic N) is 2. The number of hydrogen-bond acceptors (Lipinski definition) is 3. The maximum Gasteiger partial charge on any atom is 0.264 e. The van der Waals surface area contributed by atoms with Crippen molar-refractivity contribution in [3.63, 3.8) is 0 Å². The number of hydrogen-bond donors (Lipinski definition) is 0. The molecule has 0 N–H and O–H groups in total. The van der Waals surface area contributed by atoms with Gasteiger partial charge in [0.15, 0.2) is 0 Å². The first kappa shape index (κ1) is 42.5. The molecule has 0 saturated heterocycles. The zero-order valence-corrected chi connectivity index (χ0v) is 42.3. The van der Waals surface area contributed by atoms with E-state index in [9.17, 15) is 0 Å². The summed E-state index contributed by atoms with van der Waals surface area (Å²) in [6.45, 7) is 16.3. The van der Waals surface area contributed by atoms with E-state index in [1.807, 2.05) is 11.3 Å². The van der Waals surface area contributed by atoms with Crippen LogP contribution < -0.4 is 25.5 Å². The highest BCUT2D eigenvalue weighted by molar-refractivity contribution is 7.33. The number of anilines is 6. The molecule has 4 aliphatic rings. The van der Waals surface area contributed by atoms with E-state index in [0.29, 0.717) is 11.8 Å². The van der Waals surface area contributed by atoms with Crippen LogP contribution in [0.4, 0.5) is 34.1 Å². The molecule has 2 aliphatic carbocycles. The summed E-state index contributed by atoms with van der Waals surface area (Å²) in [6.07, 6.45) is 0. The highest BCUT2D eigenvalue weighted by atomic mass is 32.1. The average molecular weight is 931 g/mol. The van der Waals surface area contributed by atoms with Crippen LogP contribution in [0.2, 0.25) is 0 Å².